The maximum Gasteiger partial charge on any atom is 0.234 e. The van der Waals surface area contributed by atoms with E-state index < -0.39 is 0 Å². The topological polar surface area (TPSA) is 59.8 Å². The van der Waals surface area contributed by atoms with Crippen molar-refractivity contribution in [2.45, 2.75) is 5.16 Å². The lowest BCUT2D eigenvalue weighted by molar-refractivity contribution is -0.113. The van der Waals surface area contributed by atoms with Crippen molar-refractivity contribution < 1.29 is 4.79 Å². The van der Waals surface area contributed by atoms with E-state index >= 15 is 0 Å². The van der Waals surface area contributed by atoms with Gasteiger partial charge in [0.1, 0.15) is 0 Å². The molecule has 0 unspecified atom stereocenters. The Hall–Kier alpha value is -3.32. The molecule has 5 nitrogen and oxygen atoms in total. The third-order valence-corrected chi connectivity index (χ3v) is 6.65. The molecule has 0 aliphatic carbocycles. The zero-order valence-corrected chi connectivity index (χ0v) is 20.1. The van der Waals surface area contributed by atoms with Gasteiger partial charge in [0.05, 0.1) is 5.75 Å². The number of hydrogen-bond donors (Lipinski definition) is 1. The van der Waals surface area contributed by atoms with Crippen LogP contribution < -0.4 is 5.32 Å². The molecule has 0 aliphatic heterocycles. The van der Waals surface area contributed by atoms with Crippen molar-refractivity contribution in [2.24, 2.45) is 0 Å². The number of thioether (sulfide) groups is 1. The number of nitrogens with zero attached hydrogens (tertiary/aromatic N) is 3. The van der Waals surface area contributed by atoms with Crippen molar-refractivity contribution in [1.29, 1.82) is 0 Å². The van der Waals surface area contributed by atoms with Crippen molar-refractivity contribution in [1.82, 2.24) is 14.8 Å². The lowest BCUT2D eigenvalue weighted by atomic mass is 10.1. The maximum absolute atomic E-state index is 12.8. The van der Waals surface area contributed by atoms with Gasteiger partial charge in [0, 0.05) is 32.4 Å². The highest BCUT2D eigenvalue weighted by atomic mass is 35.5. The molecule has 5 rings (SSSR count). The number of nitrogens with one attached hydrogen (secondary N) is 1. The van der Waals surface area contributed by atoms with E-state index in [1.54, 1.807) is 0 Å². The van der Waals surface area contributed by atoms with Crippen LogP contribution in [0.25, 0.3) is 27.8 Å². The summed E-state index contributed by atoms with van der Waals surface area (Å²) in [6, 6.07) is 28.6. The molecule has 8 heteroatoms. The van der Waals surface area contributed by atoms with Crippen LogP contribution in [0.5, 0.6) is 0 Å². The standard InChI is InChI=1S/C26H18Cl2N4OS/c27-19-10-8-18(9-11-19)25-30-31-26(32(25)21-14-12-20(28)13-15-21)34-16-24(33)29-23-7-3-5-17-4-1-2-6-22(17)23/h1-15H,16H2,(H,29,33). The Morgan fingerprint density at radius 1 is 0.824 bits per heavy atom. The molecule has 34 heavy (non-hydrogen) atoms. The fourth-order valence-corrected chi connectivity index (χ4v) is 4.63. The van der Waals surface area contributed by atoms with Gasteiger partial charge in [-0.25, -0.2) is 0 Å². The molecular weight excluding hydrogens is 487 g/mol. The summed E-state index contributed by atoms with van der Waals surface area (Å²) in [5.74, 6) is 0.700. The fourth-order valence-electron chi connectivity index (χ4n) is 3.62. The van der Waals surface area contributed by atoms with E-state index in [4.69, 9.17) is 23.2 Å². The number of rotatable bonds is 6. The highest BCUT2D eigenvalue weighted by Gasteiger charge is 2.18. The fraction of sp³-hybridized carbons (Fsp3) is 0.0385. The van der Waals surface area contributed by atoms with Gasteiger partial charge in [-0.2, -0.15) is 0 Å². The van der Waals surface area contributed by atoms with Crippen molar-refractivity contribution in [3.05, 3.63) is 101 Å². The Balaban J connectivity index is 1.41. The highest BCUT2D eigenvalue weighted by Crippen LogP contribution is 2.30. The first-order valence-corrected chi connectivity index (χ1v) is 12.2. The SMILES string of the molecule is O=C(CSc1nnc(-c2ccc(Cl)cc2)n1-c1ccc(Cl)cc1)Nc1cccc2ccccc12. The van der Waals surface area contributed by atoms with Crippen LogP contribution in [0.1, 0.15) is 0 Å². The van der Waals surface area contributed by atoms with Crippen LogP contribution in [-0.2, 0) is 4.79 Å². The van der Waals surface area contributed by atoms with Gasteiger partial charge in [-0.05, 0) is 60.0 Å². The molecule has 0 fully saturated rings. The second-order valence-corrected chi connectivity index (χ2v) is 9.30. The average molecular weight is 505 g/mol. The molecule has 0 saturated carbocycles. The summed E-state index contributed by atoms with van der Waals surface area (Å²) in [4.78, 5) is 12.8. The van der Waals surface area contributed by atoms with E-state index in [2.05, 4.69) is 15.5 Å². The van der Waals surface area contributed by atoms with Gasteiger partial charge in [-0.3, -0.25) is 9.36 Å². The number of carbonyl (C=O) groups excluding carboxylic acids is 1. The highest BCUT2D eigenvalue weighted by molar-refractivity contribution is 7.99. The Labute approximate surface area is 210 Å². The third-order valence-electron chi connectivity index (χ3n) is 5.22. The predicted octanol–water partition coefficient (Wildman–Crippen LogP) is 7.13. The van der Waals surface area contributed by atoms with Crippen LogP contribution in [0.2, 0.25) is 10.0 Å². The second-order valence-electron chi connectivity index (χ2n) is 7.49. The number of carbonyl (C=O) groups is 1. The van der Waals surface area contributed by atoms with E-state index in [1.807, 2.05) is 95.6 Å². The molecule has 1 aromatic heterocycles. The largest absolute Gasteiger partial charge is 0.325 e. The quantitative estimate of drug-likeness (QED) is 0.250. The molecule has 0 bridgehead atoms. The van der Waals surface area contributed by atoms with E-state index in [0.29, 0.717) is 21.0 Å². The number of amides is 1. The van der Waals surface area contributed by atoms with Gasteiger partial charge < -0.3 is 5.32 Å². The van der Waals surface area contributed by atoms with E-state index in [-0.39, 0.29) is 11.7 Å². The molecule has 0 atom stereocenters. The number of fused-ring (bicyclic) bond motifs is 1. The molecule has 4 aromatic carbocycles. The Morgan fingerprint density at radius 3 is 2.26 bits per heavy atom. The minimum atomic E-state index is -0.125. The lowest BCUT2D eigenvalue weighted by Crippen LogP contribution is -2.14. The molecule has 1 amide bonds. The van der Waals surface area contributed by atoms with Crippen molar-refractivity contribution in [2.75, 3.05) is 11.1 Å². The summed E-state index contributed by atoms with van der Waals surface area (Å²) >= 11 is 13.5. The van der Waals surface area contributed by atoms with Gasteiger partial charge in [-0.1, -0.05) is 71.4 Å². The monoisotopic (exact) mass is 504 g/mol. The third kappa shape index (κ3) is 4.80. The normalized spacial score (nSPS) is 11.0. The van der Waals surface area contributed by atoms with Crippen LogP contribution in [-0.4, -0.2) is 26.4 Å². The predicted molar refractivity (Wildman–Crippen MR) is 140 cm³/mol. The molecule has 5 aromatic rings. The molecule has 0 saturated heterocycles. The molecule has 168 valence electrons. The molecule has 0 aliphatic rings. The minimum absolute atomic E-state index is 0.125. The van der Waals surface area contributed by atoms with Gasteiger partial charge in [0.15, 0.2) is 11.0 Å². The van der Waals surface area contributed by atoms with Gasteiger partial charge in [0.2, 0.25) is 5.91 Å². The summed E-state index contributed by atoms with van der Waals surface area (Å²) in [6.07, 6.45) is 0. The summed E-state index contributed by atoms with van der Waals surface area (Å²) in [5, 5.41) is 15.7. The van der Waals surface area contributed by atoms with E-state index in [9.17, 15) is 4.79 Å². The van der Waals surface area contributed by atoms with Crippen LogP contribution in [0.15, 0.2) is 96.2 Å². The van der Waals surface area contributed by atoms with Crippen LogP contribution in [0, 0.1) is 0 Å². The van der Waals surface area contributed by atoms with E-state index in [0.717, 1.165) is 27.7 Å². The zero-order chi connectivity index (χ0) is 23.5. The van der Waals surface area contributed by atoms with Crippen LogP contribution in [0.4, 0.5) is 5.69 Å². The van der Waals surface area contributed by atoms with Crippen molar-refractivity contribution in [3.63, 3.8) is 0 Å². The van der Waals surface area contributed by atoms with Crippen molar-refractivity contribution >= 4 is 57.3 Å². The maximum atomic E-state index is 12.8. The minimum Gasteiger partial charge on any atom is -0.325 e. The van der Waals surface area contributed by atoms with Gasteiger partial charge >= 0.3 is 0 Å². The summed E-state index contributed by atoms with van der Waals surface area (Å²) in [6.45, 7) is 0. The smallest absolute Gasteiger partial charge is 0.234 e. The van der Waals surface area contributed by atoms with E-state index in [1.165, 1.54) is 11.8 Å². The van der Waals surface area contributed by atoms with Crippen LogP contribution >= 0.6 is 35.0 Å². The number of benzene rings is 4. The molecule has 1 N–H and O–H groups in total. The molecular formula is C26H18Cl2N4OS. The molecule has 0 spiro atoms. The molecule has 0 radical (unpaired) electrons. The van der Waals surface area contributed by atoms with Crippen molar-refractivity contribution in [3.8, 4) is 17.1 Å². The summed E-state index contributed by atoms with van der Waals surface area (Å²) in [5.41, 5.74) is 2.49. The second kappa shape index (κ2) is 9.89. The van der Waals surface area contributed by atoms with Gasteiger partial charge in [-0.15, -0.1) is 10.2 Å². The first-order chi connectivity index (χ1) is 16.6. The average Bonchev–Trinajstić information content (AvgIpc) is 3.28. The Kier molecular flexibility index (Phi) is 6.54. The van der Waals surface area contributed by atoms with Crippen LogP contribution in [0.3, 0.4) is 0 Å². The first kappa shape index (κ1) is 22.5. The summed E-state index contributed by atoms with van der Waals surface area (Å²) < 4.78 is 1.91. The Morgan fingerprint density at radius 2 is 1.50 bits per heavy atom. The molecule has 1 heterocycles. The number of anilines is 1. The number of halogens is 2. The Bertz CT molecular complexity index is 1460. The zero-order valence-electron chi connectivity index (χ0n) is 17.8. The first-order valence-electron chi connectivity index (χ1n) is 10.5. The van der Waals surface area contributed by atoms with Gasteiger partial charge in [0.25, 0.3) is 0 Å². The summed E-state index contributed by atoms with van der Waals surface area (Å²) in [7, 11) is 0. The number of hydrogen-bond acceptors (Lipinski definition) is 4. The lowest BCUT2D eigenvalue weighted by Gasteiger charge is -2.11. The number of aromatic nitrogens is 3.